The molecule has 3 rings (SSSR count). The molecule has 1 aromatic heterocycles. The lowest BCUT2D eigenvalue weighted by atomic mass is 10.2. The van der Waals surface area contributed by atoms with E-state index in [1.807, 2.05) is 49.6 Å². The van der Waals surface area contributed by atoms with Crippen molar-refractivity contribution in [2.24, 2.45) is 0 Å². The summed E-state index contributed by atoms with van der Waals surface area (Å²) in [5.41, 5.74) is 2.91. The molecular formula is C22H27N5O3S2. The normalized spacial score (nSPS) is 11.8. The Morgan fingerprint density at radius 1 is 1.12 bits per heavy atom. The van der Waals surface area contributed by atoms with Gasteiger partial charge in [0.1, 0.15) is 6.33 Å². The van der Waals surface area contributed by atoms with Gasteiger partial charge in [0.15, 0.2) is 5.16 Å². The third-order valence-electron chi connectivity index (χ3n) is 4.98. The van der Waals surface area contributed by atoms with Gasteiger partial charge in [-0.15, -0.1) is 10.2 Å². The topological polar surface area (TPSA) is 97.2 Å². The molecule has 0 atom stereocenters. The molecular weight excluding hydrogens is 446 g/mol. The number of nitrogens with one attached hydrogen (secondary N) is 1. The molecule has 0 spiro atoms. The number of aromatic nitrogens is 3. The van der Waals surface area contributed by atoms with Gasteiger partial charge in [-0.2, -0.15) is 4.31 Å². The summed E-state index contributed by atoms with van der Waals surface area (Å²) in [6, 6.07) is 14.4. The van der Waals surface area contributed by atoms with E-state index >= 15 is 0 Å². The summed E-state index contributed by atoms with van der Waals surface area (Å²) in [6.45, 7) is 5.97. The number of nitrogens with zero attached hydrogens (tertiary/aromatic N) is 4. The van der Waals surface area contributed by atoms with Crippen LogP contribution in [0.15, 0.2) is 64.9 Å². The smallest absolute Gasteiger partial charge is 0.243 e. The van der Waals surface area contributed by atoms with Gasteiger partial charge in [0.2, 0.25) is 15.9 Å². The Labute approximate surface area is 193 Å². The van der Waals surface area contributed by atoms with E-state index in [-0.39, 0.29) is 22.6 Å². The highest BCUT2D eigenvalue weighted by molar-refractivity contribution is 7.99. The van der Waals surface area contributed by atoms with Gasteiger partial charge >= 0.3 is 0 Å². The Balaban J connectivity index is 1.54. The van der Waals surface area contributed by atoms with Crippen molar-refractivity contribution < 1.29 is 13.2 Å². The van der Waals surface area contributed by atoms with Crippen LogP contribution < -0.4 is 5.32 Å². The number of amides is 1. The molecule has 1 amide bonds. The number of sulfonamides is 1. The molecule has 8 nitrogen and oxygen atoms in total. The molecule has 170 valence electrons. The summed E-state index contributed by atoms with van der Waals surface area (Å²) >= 11 is 1.30. The van der Waals surface area contributed by atoms with E-state index < -0.39 is 10.0 Å². The molecule has 2 aromatic carbocycles. The second-order valence-electron chi connectivity index (χ2n) is 7.64. The first-order valence-corrected chi connectivity index (χ1v) is 12.5. The standard InChI is InChI=1S/C22H27N5O3S2/c1-16(2)26(4)32(29,30)20-11-7-18(8-12-20)13-23-21(28)14-31-22-25-24-15-27(22)19-9-5-17(3)6-10-19/h5-12,15-16H,13-14H2,1-4H3,(H,23,28). The fraction of sp³-hybridized carbons (Fsp3) is 0.318. The third-order valence-corrected chi connectivity index (χ3v) is 7.97. The molecule has 1 heterocycles. The molecule has 0 aliphatic rings. The number of carbonyl (C=O) groups is 1. The van der Waals surface area contributed by atoms with Crippen LogP contribution in [-0.2, 0) is 21.4 Å². The molecule has 32 heavy (non-hydrogen) atoms. The maximum Gasteiger partial charge on any atom is 0.243 e. The monoisotopic (exact) mass is 473 g/mol. The Hall–Kier alpha value is -2.69. The maximum absolute atomic E-state index is 12.5. The van der Waals surface area contributed by atoms with Crippen LogP contribution in [-0.4, -0.2) is 52.2 Å². The van der Waals surface area contributed by atoms with Crippen LogP contribution in [0.5, 0.6) is 0 Å². The number of rotatable bonds is 9. The number of hydrogen-bond acceptors (Lipinski definition) is 6. The zero-order chi connectivity index (χ0) is 23.3. The van der Waals surface area contributed by atoms with Crippen molar-refractivity contribution in [2.45, 2.75) is 43.4 Å². The van der Waals surface area contributed by atoms with E-state index in [0.29, 0.717) is 11.7 Å². The van der Waals surface area contributed by atoms with E-state index in [1.54, 1.807) is 37.6 Å². The zero-order valence-electron chi connectivity index (χ0n) is 18.5. The van der Waals surface area contributed by atoms with Gasteiger partial charge in [-0.1, -0.05) is 41.6 Å². The minimum Gasteiger partial charge on any atom is -0.351 e. The average molecular weight is 474 g/mol. The molecule has 0 aliphatic heterocycles. The minimum atomic E-state index is -3.52. The predicted octanol–water partition coefficient (Wildman–Crippen LogP) is 3.01. The predicted molar refractivity (Wildman–Crippen MR) is 125 cm³/mol. The van der Waals surface area contributed by atoms with E-state index in [0.717, 1.165) is 16.8 Å². The van der Waals surface area contributed by atoms with E-state index in [9.17, 15) is 13.2 Å². The van der Waals surface area contributed by atoms with Crippen molar-refractivity contribution in [3.8, 4) is 5.69 Å². The summed E-state index contributed by atoms with van der Waals surface area (Å²) in [7, 11) is -1.96. The van der Waals surface area contributed by atoms with Crippen molar-refractivity contribution >= 4 is 27.7 Å². The van der Waals surface area contributed by atoms with Gasteiger partial charge in [-0.25, -0.2) is 8.42 Å². The van der Waals surface area contributed by atoms with Gasteiger partial charge in [-0.3, -0.25) is 9.36 Å². The fourth-order valence-corrected chi connectivity index (χ4v) is 4.94. The van der Waals surface area contributed by atoms with Crippen LogP contribution in [0.2, 0.25) is 0 Å². The van der Waals surface area contributed by atoms with Gasteiger partial charge < -0.3 is 5.32 Å². The lowest BCUT2D eigenvalue weighted by Gasteiger charge is -2.21. The first kappa shape index (κ1) is 24.0. The van der Waals surface area contributed by atoms with Crippen LogP contribution >= 0.6 is 11.8 Å². The first-order chi connectivity index (χ1) is 15.2. The number of hydrogen-bond donors (Lipinski definition) is 1. The van der Waals surface area contributed by atoms with Crippen LogP contribution in [0, 0.1) is 6.92 Å². The Kier molecular flexibility index (Phi) is 7.70. The summed E-state index contributed by atoms with van der Waals surface area (Å²) in [5, 5.41) is 11.5. The SMILES string of the molecule is Cc1ccc(-n2cnnc2SCC(=O)NCc2ccc(S(=O)(=O)N(C)C(C)C)cc2)cc1. The molecule has 3 aromatic rings. The fourth-order valence-electron chi connectivity index (χ4n) is 2.81. The number of aryl methyl sites for hydroxylation is 1. The molecule has 0 unspecified atom stereocenters. The van der Waals surface area contributed by atoms with Gasteiger partial charge in [0.25, 0.3) is 0 Å². The molecule has 10 heteroatoms. The van der Waals surface area contributed by atoms with Gasteiger partial charge in [0.05, 0.1) is 10.6 Å². The lowest BCUT2D eigenvalue weighted by Crippen LogP contribution is -2.33. The first-order valence-electron chi connectivity index (χ1n) is 10.1. The number of benzene rings is 2. The van der Waals surface area contributed by atoms with Crippen molar-refractivity contribution in [1.82, 2.24) is 24.4 Å². The maximum atomic E-state index is 12.5. The molecule has 0 saturated heterocycles. The van der Waals surface area contributed by atoms with E-state index in [4.69, 9.17) is 0 Å². The number of thioether (sulfide) groups is 1. The molecule has 0 fully saturated rings. The molecule has 0 bridgehead atoms. The van der Waals surface area contributed by atoms with Gasteiger partial charge in [-0.05, 0) is 50.6 Å². The van der Waals surface area contributed by atoms with Crippen LogP contribution in [0.1, 0.15) is 25.0 Å². The van der Waals surface area contributed by atoms with Crippen molar-refractivity contribution in [3.63, 3.8) is 0 Å². The zero-order valence-corrected chi connectivity index (χ0v) is 20.2. The highest BCUT2D eigenvalue weighted by Crippen LogP contribution is 2.20. The summed E-state index contributed by atoms with van der Waals surface area (Å²) in [5.74, 6) is 0.0422. The molecule has 0 aliphatic carbocycles. The van der Waals surface area contributed by atoms with Crippen LogP contribution in [0.4, 0.5) is 0 Å². The van der Waals surface area contributed by atoms with Crippen molar-refractivity contribution in [2.75, 3.05) is 12.8 Å². The summed E-state index contributed by atoms with van der Waals surface area (Å²) in [6.07, 6.45) is 1.62. The minimum absolute atomic E-state index is 0.131. The highest BCUT2D eigenvalue weighted by Gasteiger charge is 2.22. The summed E-state index contributed by atoms with van der Waals surface area (Å²) < 4.78 is 28.2. The third kappa shape index (κ3) is 5.76. The molecule has 1 N–H and O–H groups in total. The quantitative estimate of drug-likeness (QED) is 0.480. The van der Waals surface area contributed by atoms with Gasteiger partial charge in [0, 0.05) is 25.3 Å². The van der Waals surface area contributed by atoms with Crippen molar-refractivity contribution in [1.29, 1.82) is 0 Å². The van der Waals surface area contributed by atoms with Crippen LogP contribution in [0.25, 0.3) is 5.69 Å². The van der Waals surface area contributed by atoms with Crippen LogP contribution in [0.3, 0.4) is 0 Å². The Bertz CT molecular complexity index is 1160. The summed E-state index contributed by atoms with van der Waals surface area (Å²) in [4.78, 5) is 12.5. The molecule has 0 radical (unpaired) electrons. The highest BCUT2D eigenvalue weighted by atomic mass is 32.2. The second kappa shape index (κ2) is 10.3. The van der Waals surface area contributed by atoms with Crippen molar-refractivity contribution in [3.05, 3.63) is 66.0 Å². The Morgan fingerprint density at radius 3 is 2.41 bits per heavy atom. The molecule has 0 saturated carbocycles. The Morgan fingerprint density at radius 2 is 1.78 bits per heavy atom. The average Bonchev–Trinajstić information content (AvgIpc) is 3.25. The number of carbonyl (C=O) groups excluding carboxylic acids is 1. The largest absolute Gasteiger partial charge is 0.351 e. The van der Waals surface area contributed by atoms with E-state index in [2.05, 4.69) is 15.5 Å². The second-order valence-corrected chi connectivity index (χ2v) is 10.6. The van der Waals surface area contributed by atoms with E-state index in [1.165, 1.54) is 16.1 Å². The lowest BCUT2D eigenvalue weighted by molar-refractivity contribution is -0.118.